The fourth-order valence-electron chi connectivity index (χ4n) is 4.77. The molecule has 4 heteroatoms. The maximum atomic E-state index is 14.8. The molecule has 1 spiro atoms. The number of benzene rings is 2. The number of fused-ring (bicyclic) bond motifs is 2. The number of alkyl halides is 1. The Hall–Kier alpha value is -2.04. The number of halogens is 1. The predicted molar refractivity (Wildman–Crippen MR) is 89.4 cm³/mol. The lowest BCUT2D eigenvalue weighted by atomic mass is 9.99. The maximum absolute atomic E-state index is 14.8. The molecule has 0 amide bonds. The van der Waals surface area contributed by atoms with Crippen LogP contribution in [0, 0.1) is 11.8 Å². The summed E-state index contributed by atoms with van der Waals surface area (Å²) in [5.41, 5.74) is 0.228. The Labute approximate surface area is 145 Å². The second-order valence-corrected chi connectivity index (χ2v) is 7.28. The summed E-state index contributed by atoms with van der Waals surface area (Å²) in [6.07, 6.45) is 1.10. The first-order valence-corrected chi connectivity index (χ1v) is 8.79. The smallest absolute Gasteiger partial charge is 0.177 e. The molecule has 2 aromatic carbocycles. The molecule has 0 bridgehead atoms. The molecular formula is C21H19FO3. The minimum Gasteiger partial charge on any atom is -0.338 e. The van der Waals surface area contributed by atoms with E-state index >= 15 is 0 Å². The Morgan fingerprint density at radius 2 is 1.44 bits per heavy atom. The molecule has 2 saturated carbocycles. The van der Waals surface area contributed by atoms with E-state index in [0.717, 1.165) is 11.1 Å². The molecule has 1 heterocycles. The third kappa shape index (κ3) is 2.07. The van der Waals surface area contributed by atoms with Crippen molar-refractivity contribution in [2.24, 2.45) is 11.8 Å². The van der Waals surface area contributed by atoms with Gasteiger partial charge in [0.15, 0.2) is 17.7 Å². The Morgan fingerprint density at radius 3 is 1.88 bits per heavy atom. The van der Waals surface area contributed by atoms with Crippen LogP contribution in [0.4, 0.5) is 4.39 Å². The van der Waals surface area contributed by atoms with Crippen molar-refractivity contribution in [1.82, 2.24) is 0 Å². The molecule has 3 fully saturated rings. The van der Waals surface area contributed by atoms with E-state index in [1.54, 1.807) is 0 Å². The molecule has 5 atom stereocenters. The summed E-state index contributed by atoms with van der Waals surface area (Å²) >= 11 is 0. The Morgan fingerprint density at radius 1 is 0.920 bits per heavy atom. The second-order valence-electron chi connectivity index (χ2n) is 7.28. The van der Waals surface area contributed by atoms with Gasteiger partial charge in [-0.1, -0.05) is 60.7 Å². The van der Waals surface area contributed by atoms with Crippen LogP contribution in [0.15, 0.2) is 60.7 Å². The molecule has 25 heavy (non-hydrogen) atoms. The molecule has 1 aliphatic heterocycles. The normalized spacial score (nSPS) is 37.8. The first-order valence-electron chi connectivity index (χ1n) is 8.79. The van der Waals surface area contributed by atoms with Gasteiger partial charge < -0.3 is 9.47 Å². The van der Waals surface area contributed by atoms with E-state index in [1.807, 2.05) is 60.7 Å². The summed E-state index contributed by atoms with van der Waals surface area (Å²) in [5, 5.41) is 0. The summed E-state index contributed by atoms with van der Waals surface area (Å²) < 4.78 is 27.6. The van der Waals surface area contributed by atoms with E-state index < -0.39 is 17.4 Å². The quantitative estimate of drug-likeness (QED) is 0.789. The number of hydrogen-bond donors (Lipinski definition) is 0. The molecule has 5 rings (SSSR count). The number of carbonyl (C=O) groups is 1. The van der Waals surface area contributed by atoms with Crippen molar-refractivity contribution in [3.8, 4) is 0 Å². The number of ether oxygens (including phenoxy) is 2. The van der Waals surface area contributed by atoms with Crippen LogP contribution >= 0.6 is 0 Å². The highest BCUT2D eigenvalue weighted by molar-refractivity contribution is 5.71. The summed E-state index contributed by atoms with van der Waals surface area (Å²) in [4.78, 5) is 11.3. The summed E-state index contributed by atoms with van der Waals surface area (Å²) in [6.45, 7) is 0. The average molecular weight is 338 g/mol. The predicted octanol–water partition coefficient (Wildman–Crippen LogP) is 4.16. The lowest BCUT2D eigenvalue weighted by Gasteiger charge is -2.26. The van der Waals surface area contributed by atoms with Crippen LogP contribution in [0.2, 0.25) is 0 Å². The van der Waals surface area contributed by atoms with Gasteiger partial charge in [-0.05, 0) is 17.5 Å². The number of rotatable bonds is 3. The Balaban J connectivity index is 1.55. The molecule has 3 aliphatic rings. The Bertz CT molecular complexity index is 746. The molecule has 0 N–H and O–H groups in total. The van der Waals surface area contributed by atoms with E-state index in [1.165, 1.54) is 0 Å². The molecule has 2 aliphatic carbocycles. The molecule has 1 saturated heterocycles. The number of hydrogen-bond acceptors (Lipinski definition) is 3. The van der Waals surface area contributed by atoms with E-state index in [2.05, 4.69) is 0 Å². The van der Waals surface area contributed by atoms with Gasteiger partial charge in [-0.2, -0.15) is 0 Å². The monoisotopic (exact) mass is 338 g/mol. The van der Waals surface area contributed by atoms with Gasteiger partial charge >= 0.3 is 0 Å². The highest BCUT2D eigenvalue weighted by Gasteiger charge is 2.80. The molecule has 2 aromatic rings. The molecule has 3 nitrogen and oxygen atoms in total. The van der Waals surface area contributed by atoms with E-state index in [9.17, 15) is 9.18 Å². The highest BCUT2D eigenvalue weighted by Crippen LogP contribution is 2.71. The van der Waals surface area contributed by atoms with Crippen LogP contribution < -0.4 is 0 Å². The van der Waals surface area contributed by atoms with Crippen molar-refractivity contribution in [3.05, 3.63) is 71.8 Å². The standard InChI is InChI=1S/C21H19FO3/c22-20(13-23)16-11-12-21(19(16)20)24-17(14-7-3-1-4-8-14)18(25-21)15-9-5-2-6-10-15/h1-10,13,16-19H,11-12H2/t16-,17-,18-,19+,20-/m0/s1. The van der Waals surface area contributed by atoms with Crippen molar-refractivity contribution in [2.75, 3.05) is 0 Å². The zero-order chi connectivity index (χ0) is 17.1. The summed E-state index contributed by atoms with van der Waals surface area (Å²) in [6, 6.07) is 19.8. The first kappa shape index (κ1) is 15.2. The summed E-state index contributed by atoms with van der Waals surface area (Å²) in [5.74, 6) is -1.75. The van der Waals surface area contributed by atoms with Crippen molar-refractivity contribution in [3.63, 3.8) is 0 Å². The van der Waals surface area contributed by atoms with Crippen molar-refractivity contribution in [2.45, 2.75) is 36.5 Å². The van der Waals surface area contributed by atoms with Crippen molar-refractivity contribution >= 4 is 6.29 Å². The van der Waals surface area contributed by atoms with Crippen molar-refractivity contribution < 1.29 is 18.7 Å². The van der Waals surface area contributed by atoms with Gasteiger partial charge in [-0.25, -0.2) is 4.39 Å². The van der Waals surface area contributed by atoms with E-state index in [-0.39, 0.29) is 18.1 Å². The van der Waals surface area contributed by atoms with E-state index in [4.69, 9.17) is 9.47 Å². The first-order chi connectivity index (χ1) is 12.2. The SMILES string of the molecule is O=C[C@]1(F)[C@H]2CCC3(O[C@@H](c4ccccc4)[C@H](c4ccccc4)O3)[C@H]21. The van der Waals surface area contributed by atoms with E-state index in [0.29, 0.717) is 19.1 Å². The second kappa shape index (κ2) is 5.23. The maximum Gasteiger partial charge on any atom is 0.177 e. The Kier molecular flexibility index (Phi) is 3.19. The zero-order valence-electron chi connectivity index (χ0n) is 13.7. The summed E-state index contributed by atoms with van der Waals surface area (Å²) in [7, 11) is 0. The van der Waals surface area contributed by atoms with Gasteiger partial charge in [0.1, 0.15) is 12.2 Å². The van der Waals surface area contributed by atoms with Crippen molar-refractivity contribution in [1.29, 1.82) is 0 Å². The average Bonchev–Trinajstić information content (AvgIpc) is 2.98. The van der Waals surface area contributed by atoms with Crippen LogP contribution in [0.25, 0.3) is 0 Å². The molecule has 0 aromatic heterocycles. The third-order valence-corrected chi connectivity index (χ3v) is 5.98. The van der Waals surface area contributed by atoms with Gasteiger partial charge in [0.05, 0.1) is 5.92 Å². The van der Waals surface area contributed by atoms with Crippen LogP contribution in [0.1, 0.15) is 36.2 Å². The van der Waals surface area contributed by atoms with Gasteiger partial charge in [0.25, 0.3) is 0 Å². The minimum absolute atomic E-state index is 0.268. The van der Waals surface area contributed by atoms with Crippen LogP contribution in [-0.4, -0.2) is 17.7 Å². The largest absolute Gasteiger partial charge is 0.338 e. The number of aldehydes is 1. The molecule has 0 unspecified atom stereocenters. The lowest BCUT2D eigenvalue weighted by Crippen LogP contribution is -2.35. The molecular weight excluding hydrogens is 319 g/mol. The minimum atomic E-state index is -1.79. The topological polar surface area (TPSA) is 35.5 Å². The van der Waals surface area contributed by atoms with Gasteiger partial charge in [-0.15, -0.1) is 0 Å². The zero-order valence-corrected chi connectivity index (χ0v) is 13.7. The highest BCUT2D eigenvalue weighted by atomic mass is 19.1. The number of carbonyl (C=O) groups excluding carboxylic acids is 1. The third-order valence-electron chi connectivity index (χ3n) is 5.98. The molecule has 128 valence electrons. The van der Waals surface area contributed by atoms with Gasteiger partial charge in [0, 0.05) is 12.3 Å². The fraction of sp³-hybridized carbons (Fsp3) is 0.381. The van der Waals surface area contributed by atoms with Crippen LogP contribution in [0.3, 0.4) is 0 Å². The molecule has 0 radical (unpaired) electrons. The van der Waals surface area contributed by atoms with Crippen LogP contribution in [-0.2, 0) is 14.3 Å². The van der Waals surface area contributed by atoms with Gasteiger partial charge in [-0.3, -0.25) is 4.79 Å². The van der Waals surface area contributed by atoms with Crippen LogP contribution in [0.5, 0.6) is 0 Å². The van der Waals surface area contributed by atoms with Gasteiger partial charge in [0.2, 0.25) is 0 Å². The lowest BCUT2D eigenvalue weighted by molar-refractivity contribution is -0.195. The fourth-order valence-corrected chi connectivity index (χ4v) is 4.77.